The highest BCUT2D eigenvalue weighted by Gasteiger charge is 1.96. The Hall–Kier alpha value is -1.53. The van der Waals surface area contributed by atoms with Gasteiger partial charge in [0.1, 0.15) is 5.75 Å². The first kappa shape index (κ1) is 16.5. The molecule has 0 saturated carbocycles. The first-order chi connectivity index (χ1) is 9.86. The molecule has 0 aliphatic rings. The van der Waals surface area contributed by atoms with Gasteiger partial charge in [0.2, 0.25) is 0 Å². The highest BCUT2D eigenvalue weighted by atomic mass is 16.5. The maximum absolute atomic E-state index is 8.68. The number of rotatable bonds is 9. The molecule has 0 bridgehead atoms. The summed E-state index contributed by atoms with van der Waals surface area (Å²) in [6.07, 6.45) is 11.5. The number of nitrogens with zero attached hydrogens (tertiary/aromatic N) is 1. The van der Waals surface area contributed by atoms with Gasteiger partial charge in [0, 0.05) is 18.2 Å². The minimum Gasteiger partial charge on any atom is -0.492 e. The molecule has 1 rings (SSSR count). The number of unbranched alkanes of at least 4 members (excludes halogenated alkanes) is 5. The van der Waals surface area contributed by atoms with Gasteiger partial charge in [0.25, 0.3) is 0 Å². The van der Waals surface area contributed by atoms with Crippen LogP contribution in [0.2, 0.25) is 0 Å². The number of hydrogen-bond donors (Lipinski definition) is 1. The molecular weight excluding hydrogens is 250 g/mol. The molecule has 0 unspecified atom stereocenters. The van der Waals surface area contributed by atoms with Gasteiger partial charge in [0.15, 0.2) is 0 Å². The van der Waals surface area contributed by atoms with E-state index in [0.717, 1.165) is 24.3 Å². The first-order valence-electron chi connectivity index (χ1n) is 7.54. The second-order valence-electron chi connectivity index (χ2n) is 4.80. The van der Waals surface area contributed by atoms with E-state index >= 15 is 0 Å². The molecule has 110 valence electrons. The van der Waals surface area contributed by atoms with E-state index < -0.39 is 0 Å². The average Bonchev–Trinajstić information content (AvgIpc) is 2.47. The molecule has 0 amide bonds. The smallest absolute Gasteiger partial charge is 0.138 e. The zero-order chi connectivity index (χ0) is 14.5. The van der Waals surface area contributed by atoms with Crippen LogP contribution in [0.25, 0.3) is 0 Å². The molecule has 0 fully saturated rings. The summed E-state index contributed by atoms with van der Waals surface area (Å²) in [6.45, 7) is 3.06. The zero-order valence-electron chi connectivity index (χ0n) is 12.4. The van der Waals surface area contributed by atoms with Crippen molar-refractivity contribution in [2.45, 2.75) is 51.9 Å². The predicted molar refractivity (Wildman–Crippen MR) is 81.7 cm³/mol. The highest BCUT2D eigenvalue weighted by Crippen LogP contribution is 2.12. The van der Waals surface area contributed by atoms with Crippen molar-refractivity contribution in [1.82, 2.24) is 4.98 Å². The largest absolute Gasteiger partial charge is 0.492 e. The Morgan fingerprint density at radius 3 is 2.75 bits per heavy atom. The van der Waals surface area contributed by atoms with Crippen LogP contribution in [0.3, 0.4) is 0 Å². The molecule has 3 heteroatoms. The van der Waals surface area contributed by atoms with Crippen LogP contribution in [0.1, 0.15) is 57.4 Å². The molecule has 20 heavy (non-hydrogen) atoms. The Kier molecular flexibility index (Phi) is 9.34. The summed E-state index contributed by atoms with van der Waals surface area (Å²) < 4.78 is 5.68. The molecule has 3 nitrogen and oxygen atoms in total. The maximum atomic E-state index is 8.68. The third kappa shape index (κ3) is 7.81. The van der Waals surface area contributed by atoms with Crippen LogP contribution in [-0.2, 0) is 0 Å². The van der Waals surface area contributed by atoms with Gasteiger partial charge in [-0.05, 0) is 12.5 Å². The molecule has 0 aromatic carbocycles. The Balaban J connectivity index is 2.23. The average molecular weight is 275 g/mol. The van der Waals surface area contributed by atoms with Crippen molar-refractivity contribution in [1.29, 1.82) is 0 Å². The van der Waals surface area contributed by atoms with Crippen LogP contribution in [0.15, 0.2) is 18.5 Å². The lowest BCUT2D eigenvalue weighted by Gasteiger charge is -2.05. The molecule has 0 saturated heterocycles. The fourth-order valence-corrected chi connectivity index (χ4v) is 1.86. The van der Waals surface area contributed by atoms with Crippen molar-refractivity contribution in [2.75, 3.05) is 13.2 Å². The number of aliphatic hydroxyl groups excluding tert-OH is 1. The number of aliphatic hydroxyl groups is 1. The van der Waals surface area contributed by atoms with Gasteiger partial charge in [-0.25, -0.2) is 0 Å². The monoisotopic (exact) mass is 275 g/mol. The molecule has 0 radical (unpaired) electrons. The summed E-state index contributed by atoms with van der Waals surface area (Å²) in [5.74, 6) is 6.61. The zero-order valence-corrected chi connectivity index (χ0v) is 12.4. The number of hydrogen-bond acceptors (Lipinski definition) is 3. The SMILES string of the molecule is CCCCCCCCOc1cncc(C#CCCO)c1. The first-order valence-corrected chi connectivity index (χ1v) is 7.54. The van der Waals surface area contributed by atoms with Gasteiger partial charge in [-0.3, -0.25) is 4.98 Å². The summed E-state index contributed by atoms with van der Waals surface area (Å²) >= 11 is 0. The minimum atomic E-state index is 0.0919. The van der Waals surface area contributed by atoms with Gasteiger partial charge in [-0.1, -0.05) is 50.9 Å². The van der Waals surface area contributed by atoms with Crippen LogP contribution in [0.5, 0.6) is 5.75 Å². The Bertz CT molecular complexity index is 420. The van der Waals surface area contributed by atoms with E-state index in [1.165, 1.54) is 32.1 Å². The van der Waals surface area contributed by atoms with E-state index in [1.807, 2.05) is 6.07 Å². The van der Waals surface area contributed by atoms with Gasteiger partial charge >= 0.3 is 0 Å². The Morgan fingerprint density at radius 2 is 1.95 bits per heavy atom. The van der Waals surface area contributed by atoms with Crippen LogP contribution in [0.4, 0.5) is 0 Å². The van der Waals surface area contributed by atoms with E-state index in [0.29, 0.717) is 6.42 Å². The van der Waals surface area contributed by atoms with Gasteiger partial charge in [0.05, 0.1) is 19.4 Å². The van der Waals surface area contributed by atoms with Crippen molar-refractivity contribution in [3.63, 3.8) is 0 Å². The van der Waals surface area contributed by atoms with Crippen molar-refractivity contribution in [3.8, 4) is 17.6 Å². The number of aromatic nitrogens is 1. The van der Waals surface area contributed by atoms with E-state index in [2.05, 4.69) is 23.7 Å². The second kappa shape index (κ2) is 11.3. The fourth-order valence-electron chi connectivity index (χ4n) is 1.86. The molecule has 1 heterocycles. The minimum absolute atomic E-state index is 0.0919. The van der Waals surface area contributed by atoms with Crippen molar-refractivity contribution in [3.05, 3.63) is 24.0 Å². The van der Waals surface area contributed by atoms with Crippen LogP contribution in [-0.4, -0.2) is 23.3 Å². The Morgan fingerprint density at radius 1 is 1.15 bits per heavy atom. The molecular formula is C17H25NO2. The third-order valence-corrected chi connectivity index (χ3v) is 2.95. The summed E-state index contributed by atoms with van der Waals surface area (Å²) in [4.78, 5) is 4.11. The summed E-state index contributed by atoms with van der Waals surface area (Å²) in [7, 11) is 0. The fraction of sp³-hybridized carbons (Fsp3) is 0.588. The van der Waals surface area contributed by atoms with E-state index in [9.17, 15) is 0 Å². The molecule has 0 aliphatic heterocycles. The van der Waals surface area contributed by atoms with Crippen molar-refractivity contribution < 1.29 is 9.84 Å². The number of ether oxygens (including phenoxy) is 1. The predicted octanol–water partition coefficient (Wildman–Crippen LogP) is 3.55. The third-order valence-electron chi connectivity index (χ3n) is 2.95. The molecule has 0 aliphatic carbocycles. The molecule has 0 atom stereocenters. The Labute approximate surface area is 122 Å². The van der Waals surface area contributed by atoms with Crippen LogP contribution < -0.4 is 4.74 Å². The van der Waals surface area contributed by atoms with Gasteiger partial charge in [-0.2, -0.15) is 0 Å². The quantitative estimate of drug-likeness (QED) is 0.553. The normalized spacial score (nSPS) is 9.90. The standard InChI is InChI=1S/C17H25NO2/c1-2-3-4-5-6-9-12-20-17-13-16(14-18-15-17)10-7-8-11-19/h13-15,19H,2-6,8-9,11-12H2,1H3. The van der Waals surface area contributed by atoms with E-state index in [-0.39, 0.29) is 6.61 Å². The van der Waals surface area contributed by atoms with Gasteiger partial charge in [-0.15, -0.1) is 0 Å². The van der Waals surface area contributed by atoms with Crippen molar-refractivity contribution in [2.24, 2.45) is 0 Å². The second-order valence-corrected chi connectivity index (χ2v) is 4.80. The number of pyridine rings is 1. The summed E-state index contributed by atoms with van der Waals surface area (Å²) in [6, 6.07) is 1.90. The van der Waals surface area contributed by atoms with Crippen molar-refractivity contribution >= 4 is 0 Å². The molecule has 1 N–H and O–H groups in total. The molecule has 1 aromatic heterocycles. The summed E-state index contributed by atoms with van der Waals surface area (Å²) in [5.41, 5.74) is 0.832. The van der Waals surface area contributed by atoms with E-state index in [1.54, 1.807) is 12.4 Å². The van der Waals surface area contributed by atoms with E-state index in [4.69, 9.17) is 9.84 Å². The summed E-state index contributed by atoms with van der Waals surface area (Å²) in [5, 5.41) is 8.68. The maximum Gasteiger partial charge on any atom is 0.138 e. The van der Waals surface area contributed by atoms with Crippen LogP contribution in [0, 0.1) is 11.8 Å². The molecule has 1 aromatic rings. The van der Waals surface area contributed by atoms with Crippen LogP contribution >= 0.6 is 0 Å². The highest BCUT2D eigenvalue weighted by molar-refractivity contribution is 5.36. The lowest BCUT2D eigenvalue weighted by Crippen LogP contribution is -1.98. The lowest BCUT2D eigenvalue weighted by atomic mass is 10.1. The lowest BCUT2D eigenvalue weighted by molar-refractivity contribution is 0.303. The van der Waals surface area contributed by atoms with Gasteiger partial charge < -0.3 is 9.84 Å². The molecule has 0 spiro atoms. The topological polar surface area (TPSA) is 42.4 Å².